The number of para-hydroxylation sites is 1. The lowest BCUT2D eigenvalue weighted by atomic mass is 9.87. The molecule has 1 saturated heterocycles. The molecule has 30 heavy (non-hydrogen) atoms. The largest absolute Gasteiger partial charge is 0.490 e. The summed E-state index contributed by atoms with van der Waals surface area (Å²) in [7, 11) is 1.58. The first-order valence-electron chi connectivity index (χ1n) is 10.3. The van der Waals surface area contributed by atoms with Gasteiger partial charge in [0.15, 0.2) is 0 Å². The highest BCUT2D eigenvalue weighted by atomic mass is 35.5. The molecule has 0 aromatic heterocycles. The number of nitrogens with zero attached hydrogens (tertiary/aromatic N) is 1. The number of rotatable bonds is 6. The summed E-state index contributed by atoms with van der Waals surface area (Å²) in [5.74, 6) is 1.21. The molecule has 0 unspecified atom stereocenters. The molecule has 0 radical (unpaired) electrons. The number of benzene rings is 2. The van der Waals surface area contributed by atoms with Crippen molar-refractivity contribution in [3.8, 4) is 11.5 Å². The molecule has 0 bridgehead atoms. The van der Waals surface area contributed by atoms with E-state index in [0.717, 1.165) is 43.1 Å². The monoisotopic (exact) mass is 430 g/mol. The summed E-state index contributed by atoms with van der Waals surface area (Å²) in [6.07, 6.45) is 2.06. The van der Waals surface area contributed by atoms with E-state index in [4.69, 9.17) is 21.1 Å². The average molecular weight is 431 g/mol. The zero-order valence-electron chi connectivity index (χ0n) is 17.1. The van der Waals surface area contributed by atoms with Gasteiger partial charge in [-0.1, -0.05) is 23.7 Å². The van der Waals surface area contributed by atoms with E-state index in [1.165, 1.54) is 5.56 Å². The van der Waals surface area contributed by atoms with Gasteiger partial charge in [0.1, 0.15) is 29.8 Å². The highest BCUT2D eigenvalue weighted by Crippen LogP contribution is 2.41. The number of likely N-dealkylation sites (tertiary alicyclic amines) is 1. The maximum Gasteiger partial charge on any atom is 0.254 e. The van der Waals surface area contributed by atoms with Crippen LogP contribution in [-0.4, -0.2) is 60.9 Å². The van der Waals surface area contributed by atoms with Gasteiger partial charge in [-0.15, -0.1) is 0 Å². The van der Waals surface area contributed by atoms with Gasteiger partial charge in [-0.25, -0.2) is 0 Å². The van der Waals surface area contributed by atoms with E-state index >= 15 is 0 Å². The average Bonchev–Trinajstić information content (AvgIpc) is 3.10. The molecule has 6 nitrogen and oxygen atoms in total. The molecule has 2 aliphatic heterocycles. The van der Waals surface area contributed by atoms with Crippen LogP contribution in [0, 0.1) is 0 Å². The fourth-order valence-corrected chi connectivity index (χ4v) is 4.47. The topological polar surface area (TPSA) is 71.0 Å². The molecule has 160 valence electrons. The Morgan fingerprint density at radius 3 is 2.83 bits per heavy atom. The molecule has 2 aromatic carbocycles. The van der Waals surface area contributed by atoms with Crippen LogP contribution in [0.5, 0.6) is 11.5 Å². The molecule has 2 aliphatic rings. The Labute approximate surface area is 181 Å². The van der Waals surface area contributed by atoms with Gasteiger partial charge in [0.25, 0.3) is 5.91 Å². The second-order valence-corrected chi connectivity index (χ2v) is 8.49. The number of piperidine rings is 1. The number of amides is 1. The summed E-state index contributed by atoms with van der Waals surface area (Å²) in [5, 5.41) is 13.8. The van der Waals surface area contributed by atoms with E-state index in [0.29, 0.717) is 17.9 Å². The molecule has 2 aromatic rings. The van der Waals surface area contributed by atoms with Gasteiger partial charge in [0.05, 0.1) is 5.56 Å². The number of hydrogen-bond acceptors (Lipinski definition) is 5. The van der Waals surface area contributed by atoms with Gasteiger partial charge in [0.2, 0.25) is 0 Å². The van der Waals surface area contributed by atoms with Crippen molar-refractivity contribution in [2.24, 2.45) is 0 Å². The quantitative estimate of drug-likeness (QED) is 0.737. The molecular weight excluding hydrogens is 404 g/mol. The summed E-state index contributed by atoms with van der Waals surface area (Å²) >= 11 is 6.11. The van der Waals surface area contributed by atoms with E-state index in [1.807, 2.05) is 24.3 Å². The Morgan fingerprint density at radius 1 is 1.30 bits per heavy atom. The van der Waals surface area contributed by atoms with Crippen molar-refractivity contribution in [1.82, 2.24) is 10.2 Å². The van der Waals surface area contributed by atoms with Crippen LogP contribution in [0.2, 0.25) is 5.02 Å². The molecule has 0 aliphatic carbocycles. The van der Waals surface area contributed by atoms with Gasteiger partial charge < -0.3 is 24.8 Å². The third kappa shape index (κ3) is 4.56. The number of nitrogens with one attached hydrogen (secondary N) is 1. The zero-order chi connectivity index (χ0) is 21.1. The zero-order valence-corrected chi connectivity index (χ0v) is 17.8. The molecule has 2 heterocycles. The van der Waals surface area contributed by atoms with Gasteiger partial charge in [-0.05, 0) is 35.9 Å². The third-order valence-electron chi connectivity index (χ3n) is 5.89. The number of carbonyl (C=O) groups excluding carboxylic acids is 1. The third-order valence-corrected chi connectivity index (χ3v) is 6.12. The second-order valence-electron chi connectivity index (χ2n) is 8.05. The van der Waals surface area contributed by atoms with Gasteiger partial charge in [-0.3, -0.25) is 4.79 Å². The summed E-state index contributed by atoms with van der Waals surface area (Å²) < 4.78 is 12.0. The number of ether oxygens (including phenoxy) is 2. The highest BCUT2D eigenvalue weighted by Gasteiger charge is 2.42. The lowest BCUT2D eigenvalue weighted by Gasteiger charge is -2.39. The van der Waals surface area contributed by atoms with Crippen molar-refractivity contribution in [3.05, 3.63) is 58.6 Å². The first-order chi connectivity index (χ1) is 14.5. The molecule has 1 fully saturated rings. The van der Waals surface area contributed by atoms with Gasteiger partial charge in [-0.2, -0.15) is 0 Å². The van der Waals surface area contributed by atoms with Crippen molar-refractivity contribution in [3.63, 3.8) is 0 Å². The van der Waals surface area contributed by atoms with Crippen LogP contribution in [0.25, 0.3) is 0 Å². The first kappa shape index (κ1) is 21.0. The number of carbonyl (C=O) groups is 1. The lowest BCUT2D eigenvalue weighted by Crippen LogP contribution is -2.49. The number of hydrogen-bond donors (Lipinski definition) is 2. The van der Waals surface area contributed by atoms with Crippen LogP contribution in [0.1, 0.15) is 28.8 Å². The molecule has 7 heteroatoms. The minimum Gasteiger partial charge on any atom is -0.490 e. The number of aliphatic hydroxyl groups excluding tert-OH is 1. The van der Waals surface area contributed by atoms with Crippen molar-refractivity contribution in [2.75, 3.05) is 33.3 Å². The summed E-state index contributed by atoms with van der Waals surface area (Å²) in [6, 6.07) is 12.9. The van der Waals surface area contributed by atoms with E-state index < -0.39 is 6.10 Å². The standard InChI is InChI=1S/C23H27ClN2O4/c1-25-22(28)19-4-2-3-5-21(19)29-15-18(27)14-26-10-8-23(9-11-26)13-16-12-17(24)6-7-20(16)30-23/h2-7,12,18,27H,8-11,13-15H2,1H3,(H,25,28)/t18-/m1/s1. The number of β-amino-alcohol motifs (C(OH)–C–C–N with tert-alkyl or cyclic N) is 1. The predicted octanol–water partition coefficient (Wildman–Crippen LogP) is 2.91. The molecular formula is C23H27ClN2O4. The Bertz CT molecular complexity index is 912. The molecule has 4 rings (SSSR count). The van der Waals surface area contributed by atoms with Crippen LogP contribution in [0.3, 0.4) is 0 Å². The maximum atomic E-state index is 11.9. The first-order valence-corrected chi connectivity index (χ1v) is 10.7. The van der Waals surface area contributed by atoms with Crippen LogP contribution in [0.4, 0.5) is 0 Å². The van der Waals surface area contributed by atoms with E-state index in [2.05, 4.69) is 10.2 Å². The van der Waals surface area contributed by atoms with Crippen molar-refractivity contribution >= 4 is 17.5 Å². The number of fused-ring (bicyclic) bond motifs is 1. The van der Waals surface area contributed by atoms with Crippen LogP contribution in [0.15, 0.2) is 42.5 Å². The van der Waals surface area contributed by atoms with Crippen molar-refractivity contribution in [2.45, 2.75) is 31.0 Å². The van der Waals surface area contributed by atoms with Crippen LogP contribution < -0.4 is 14.8 Å². The fraction of sp³-hybridized carbons (Fsp3) is 0.435. The Kier molecular flexibility index (Phi) is 6.18. The minimum atomic E-state index is -0.641. The maximum absolute atomic E-state index is 11.9. The molecule has 1 atom stereocenters. The van der Waals surface area contributed by atoms with E-state index in [9.17, 15) is 9.90 Å². The molecule has 1 amide bonds. The minimum absolute atomic E-state index is 0.135. The molecule has 0 saturated carbocycles. The predicted molar refractivity (Wildman–Crippen MR) is 116 cm³/mol. The summed E-state index contributed by atoms with van der Waals surface area (Å²) in [4.78, 5) is 14.2. The second kappa shape index (κ2) is 8.84. The van der Waals surface area contributed by atoms with E-state index in [-0.39, 0.29) is 18.1 Å². The Morgan fingerprint density at radius 2 is 2.07 bits per heavy atom. The Balaban J connectivity index is 1.27. The van der Waals surface area contributed by atoms with E-state index in [1.54, 1.807) is 25.2 Å². The summed E-state index contributed by atoms with van der Waals surface area (Å²) in [6.45, 7) is 2.37. The fourth-order valence-electron chi connectivity index (χ4n) is 4.28. The number of halogens is 1. The molecule has 2 N–H and O–H groups in total. The van der Waals surface area contributed by atoms with Crippen LogP contribution in [-0.2, 0) is 6.42 Å². The highest BCUT2D eigenvalue weighted by molar-refractivity contribution is 6.30. The SMILES string of the molecule is CNC(=O)c1ccccc1OC[C@H](O)CN1CCC2(CC1)Cc1cc(Cl)ccc1O2. The van der Waals surface area contributed by atoms with Crippen molar-refractivity contribution in [1.29, 1.82) is 0 Å². The molecule has 1 spiro atoms. The lowest BCUT2D eigenvalue weighted by molar-refractivity contribution is -0.00199. The van der Waals surface area contributed by atoms with Gasteiger partial charge in [0, 0.05) is 51.0 Å². The Hall–Kier alpha value is -2.28. The van der Waals surface area contributed by atoms with Gasteiger partial charge >= 0.3 is 0 Å². The summed E-state index contributed by atoms with van der Waals surface area (Å²) in [5.41, 5.74) is 1.49. The smallest absolute Gasteiger partial charge is 0.254 e. The van der Waals surface area contributed by atoms with Crippen LogP contribution >= 0.6 is 11.6 Å². The normalized spacial score (nSPS) is 18.5. The number of aliphatic hydroxyl groups is 1. The van der Waals surface area contributed by atoms with Crippen molar-refractivity contribution < 1.29 is 19.4 Å².